The lowest BCUT2D eigenvalue weighted by molar-refractivity contribution is -0.136. The lowest BCUT2D eigenvalue weighted by atomic mass is 9.97. The molecule has 5 atom stereocenters. The van der Waals surface area contributed by atoms with E-state index >= 15 is 0 Å². The average Bonchev–Trinajstić information content (AvgIpc) is 4.05. The lowest BCUT2D eigenvalue weighted by Gasteiger charge is -2.30. The summed E-state index contributed by atoms with van der Waals surface area (Å²) < 4.78 is 9.55. The SMILES string of the molecule is CC[C@H](C)[C@H](NC(=O)OC)C(=O)N1CCC[C@H]1c1ncc(-c2ccc(-c3ccc(-c4cnc([C@@H]5CCCN5C(=O)[C@@H](NC(=O)OC)C(C)C)[nH]4)cc3)cc2)[nH]1. The molecule has 0 saturated carbocycles. The van der Waals surface area contributed by atoms with Crippen molar-refractivity contribution in [1.82, 2.24) is 40.4 Å². The Bertz CT molecular complexity index is 1960. The van der Waals surface area contributed by atoms with Crippen LogP contribution in [0.2, 0.25) is 0 Å². The molecule has 0 aliphatic carbocycles. The van der Waals surface area contributed by atoms with Crippen molar-refractivity contribution < 1.29 is 28.7 Å². The molecule has 4 amide bonds. The number of aromatic nitrogens is 4. The second-order valence-corrected chi connectivity index (χ2v) is 14.8. The molecule has 14 nitrogen and oxygen atoms in total. The van der Waals surface area contributed by atoms with E-state index in [1.165, 1.54) is 14.2 Å². The van der Waals surface area contributed by atoms with Gasteiger partial charge in [-0.2, -0.15) is 0 Å². The first-order valence-electron chi connectivity index (χ1n) is 19.1. The molecule has 55 heavy (non-hydrogen) atoms. The third-order valence-corrected chi connectivity index (χ3v) is 10.9. The van der Waals surface area contributed by atoms with Gasteiger partial charge in [0, 0.05) is 13.1 Å². The number of methoxy groups -OCH3 is 2. The molecule has 2 saturated heterocycles. The molecule has 4 N–H and O–H groups in total. The van der Waals surface area contributed by atoms with Gasteiger partial charge >= 0.3 is 12.2 Å². The van der Waals surface area contributed by atoms with Gasteiger partial charge in [0.15, 0.2) is 0 Å². The molecule has 2 aliphatic heterocycles. The highest BCUT2D eigenvalue weighted by Gasteiger charge is 2.39. The summed E-state index contributed by atoms with van der Waals surface area (Å²) in [6.07, 6.45) is 6.37. The maximum atomic E-state index is 13.7. The van der Waals surface area contributed by atoms with Gasteiger partial charge in [-0.3, -0.25) is 9.59 Å². The van der Waals surface area contributed by atoms with E-state index in [4.69, 9.17) is 9.47 Å². The van der Waals surface area contributed by atoms with E-state index in [2.05, 4.69) is 79.1 Å². The molecule has 2 aliphatic rings. The Hall–Kier alpha value is -5.66. The number of carbonyl (C=O) groups excluding carboxylic acids is 4. The van der Waals surface area contributed by atoms with Gasteiger partial charge in [-0.15, -0.1) is 0 Å². The molecule has 0 unspecified atom stereocenters. The van der Waals surface area contributed by atoms with Crippen LogP contribution in [-0.4, -0.2) is 93.1 Å². The topological polar surface area (TPSA) is 175 Å². The minimum atomic E-state index is -0.687. The molecule has 6 rings (SSSR count). The number of imidazole rings is 2. The van der Waals surface area contributed by atoms with Crippen LogP contribution in [0.5, 0.6) is 0 Å². The van der Waals surface area contributed by atoms with Crippen molar-refractivity contribution in [2.45, 2.75) is 84.0 Å². The average molecular weight is 753 g/mol. The first-order chi connectivity index (χ1) is 26.5. The van der Waals surface area contributed by atoms with Crippen LogP contribution in [0, 0.1) is 11.8 Å². The number of hydrogen-bond acceptors (Lipinski definition) is 8. The minimum absolute atomic E-state index is 0.0532. The fourth-order valence-electron chi connectivity index (χ4n) is 7.55. The Morgan fingerprint density at radius 2 is 1.09 bits per heavy atom. The number of rotatable bonds is 12. The quantitative estimate of drug-likeness (QED) is 0.125. The summed E-state index contributed by atoms with van der Waals surface area (Å²) in [6.45, 7) is 8.94. The minimum Gasteiger partial charge on any atom is -0.453 e. The summed E-state index contributed by atoms with van der Waals surface area (Å²) in [5, 5.41) is 5.44. The Labute approximate surface area is 321 Å². The Kier molecular flexibility index (Phi) is 12.2. The third kappa shape index (κ3) is 8.53. The first-order valence-corrected chi connectivity index (χ1v) is 19.1. The van der Waals surface area contributed by atoms with Crippen LogP contribution >= 0.6 is 0 Å². The van der Waals surface area contributed by atoms with Crippen LogP contribution < -0.4 is 10.6 Å². The second kappa shape index (κ2) is 17.2. The molecule has 2 aromatic carbocycles. The van der Waals surface area contributed by atoms with Gasteiger partial charge < -0.3 is 39.9 Å². The Balaban J connectivity index is 1.11. The summed E-state index contributed by atoms with van der Waals surface area (Å²) in [5.74, 6) is 1.03. The van der Waals surface area contributed by atoms with Gasteiger partial charge in [-0.1, -0.05) is 82.6 Å². The van der Waals surface area contributed by atoms with Crippen molar-refractivity contribution in [2.24, 2.45) is 11.8 Å². The zero-order valence-electron chi connectivity index (χ0n) is 32.4. The number of ether oxygens (including phenoxy) is 2. The van der Waals surface area contributed by atoms with Gasteiger partial charge in [0.25, 0.3) is 0 Å². The smallest absolute Gasteiger partial charge is 0.407 e. The summed E-state index contributed by atoms with van der Waals surface area (Å²) in [6, 6.07) is 14.7. The predicted octanol–water partition coefficient (Wildman–Crippen LogP) is 6.61. The predicted molar refractivity (Wildman–Crippen MR) is 207 cm³/mol. The second-order valence-electron chi connectivity index (χ2n) is 14.8. The van der Waals surface area contributed by atoms with Crippen LogP contribution in [0.15, 0.2) is 60.9 Å². The number of nitrogens with one attached hydrogen (secondary N) is 4. The van der Waals surface area contributed by atoms with Gasteiger partial charge in [-0.05, 0) is 59.8 Å². The maximum Gasteiger partial charge on any atom is 0.407 e. The van der Waals surface area contributed by atoms with Crippen LogP contribution in [-0.2, 0) is 19.1 Å². The van der Waals surface area contributed by atoms with Gasteiger partial charge in [0.1, 0.15) is 23.7 Å². The zero-order chi connectivity index (χ0) is 39.2. The number of likely N-dealkylation sites (tertiary alicyclic amines) is 2. The van der Waals surface area contributed by atoms with Gasteiger partial charge in [-0.25, -0.2) is 19.6 Å². The lowest BCUT2D eigenvalue weighted by Crippen LogP contribution is -2.51. The Morgan fingerprint density at radius 1 is 0.691 bits per heavy atom. The van der Waals surface area contributed by atoms with Gasteiger partial charge in [0.2, 0.25) is 11.8 Å². The van der Waals surface area contributed by atoms with Crippen LogP contribution in [0.1, 0.15) is 83.5 Å². The molecule has 0 bridgehead atoms. The van der Waals surface area contributed by atoms with Crippen molar-refractivity contribution in [1.29, 1.82) is 0 Å². The van der Waals surface area contributed by atoms with Crippen molar-refractivity contribution in [3.8, 4) is 33.6 Å². The van der Waals surface area contributed by atoms with Crippen molar-refractivity contribution >= 4 is 24.0 Å². The molecule has 0 radical (unpaired) electrons. The molecular weight excluding hydrogens is 701 g/mol. The highest BCUT2D eigenvalue weighted by molar-refractivity contribution is 5.87. The van der Waals surface area contributed by atoms with Crippen molar-refractivity contribution in [3.05, 3.63) is 72.6 Å². The highest BCUT2D eigenvalue weighted by atomic mass is 16.5. The first kappa shape index (κ1) is 39.0. The molecule has 0 spiro atoms. The van der Waals surface area contributed by atoms with Crippen LogP contribution in [0.25, 0.3) is 33.6 Å². The van der Waals surface area contributed by atoms with E-state index < -0.39 is 24.3 Å². The normalized spacial score (nSPS) is 18.5. The highest BCUT2D eigenvalue weighted by Crippen LogP contribution is 2.35. The molecular formula is C41H52N8O6. The van der Waals surface area contributed by atoms with Crippen molar-refractivity contribution in [3.63, 3.8) is 0 Å². The van der Waals surface area contributed by atoms with E-state index in [0.717, 1.165) is 77.4 Å². The largest absolute Gasteiger partial charge is 0.453 e. The monoisotopic (exact) mass is 752 g/mol. The van der Waals surface area contributed by atoms with Crippen molar-refractivity contribution in [2.75, 3.05) is 27.3 Å². The number of hydrogen-bond donors (Lipinski definition) is 4. The number of amides is 4. The maximum absolute atomic E-state index is 13.7. The summed E-state index contributed by atoms with van der Waals surface area (Å²) in [7, 11) is 2.59. The fourth-order valence-corrected chi connectivity index (χ4v) is 7.55. The standard InChI is InChI=1S/C41H52N8O6/c1-7-25(4)35(47-41(53)55-6)39(51)49-21-9-11-33(49)37-43-23-31(45-37)29-18-14-27(15-19-29)26-12-16-28(17-13-26)30-22-42-36(44-30)32-10-8-20-48(32)38(50)34(24(2)3)46-40(52)54-5/h12-19,22-25,32-35H,7-11,20-21H2,1-6H3,(H,42,44)(H,43,45)(H,46,52)(H,47,53)/t25-,32-,33-,34-,35-/m0/s1. The molecule has 4 heterocycles. The van der Waals surface area contributed by atoms with E-state index in [0.29, 0.717) is 13.1 Å². The molecule has 292 valence electrons. The van der Waals surface area contributed by atoms with Gasteiger partial charge in [0.05, 0.1) is 50.1 Å². The molecule has 14 heteroatoms. The number of benzene rings is 2. The van der Waals surface area contributed by atoms with E-state index in [9.17, 15) is 19.2 Å². The summed E-state index contributed by atoms with van der Waals surface area (Å²) >= 11 is 0. The molecule has 2 fully saturated rings. The molecule has 4 aromatic rings. The molecule has 2 aromatic heterocycles. The van der Waals surface area contributed by atoms with E-state index in [1.54, 1.807) is 17.3 Å². The number of H-pyrrole nitrogens is 2. The number of carbonyl (C=O) groups is 4. The summed E-state index contributed by atoms with van der Waals surface area (Å²) in [4.78, 5) is 71.1. The van der Waals surface area contributed by atoms with Crippen LogP contribution in [0.3, 0.4) is 0 Å². The number of alkyl carbamates (subject to hydrolysis) is 2. The van der Waals surface area contributed by atoms with E-state index in [1.807, 2.05) is 32.6 Å². The zero-order valence-corrected chi connectivity index (χ0v) is 32.4. The fraction of sp³-hybridized carbons (Fsp3) is 0.463. The number of nitrogens with zero attached hydrogens (tertiary/aromatic N) is 4. The summed E-state index contributed by atoms with van der Waals surface area (Å²) in [5.41, 5.74) is 5.79. The van der Waals surface area contributed by atoms with E-state index in [-0.39, 0.29) is 35.7 Å². The Morgan fingerprint density at radius 3 is 1.49 bits per heavy atom. The van der Waals surface area contributed by atoms with Crippen LogP contribution in [0.4, 0.5) is 9.59 Å². The third-order valence-electron chi connectivity index (χ3n) is 10.9. The number of aromatic amines is 2.